The van der Waals surface area contributed by atoms with E-state index in [-0.39, 0.29) is 6.10 Å². The lowest BCUT2D eigenvalue weighted by Gasteiger charge is -2.39. The molecule has 2 aliphatic heterocycles. The molecule has 2 saturated heterocycles. The topological polar surface area (TPSA) is 97.4 Å². The molecule has 2 atom stereocenters. The number of piperidine rings is 1. The van der Waals surface area contributed by atoms with E-state index in [4.69, 9.17) is 18.7 Å². The van der Waals surface area contributed by atoms with E-state index in [1.165, 1.54) is 0 Å². The second-order valence-electron chi connectivity index (χ2n) is 9.64. The molecule has 0 bridgehead atoms. The summed E-state index contributed by atoms with van der Waals surface area (Å²) in [6, 6.07) is 5.61. The zero-order valence-corrected chi connectivity index (χ0v) is 18.6. The third-order valence-corrected chi connectivity index (χ3v) is 7.23. The Balaban J connectivity index is 1.16. The van der Waals surface area contributed by atoms with Crippen LogP contribution in [0.15, 0.2) is 22.7 Å². The van der Waals surface area contributed by atoms with Crippen molar-refractivity contribution in [2.45, 2.75) is 62.8 Å². The Bertz CT molecular complexity index is 888. The van der Waals surface area contributed by atoms with Crippen LogP contribution >= 0.6 is 0 Å². The van der Waals surface area contributed by atoms with Crippen molar-refractivity contribution in [3.63, 3.8) is 0 Å². The van der Waals surface area contributed by atoms with E-state index >= 15 is 0 Å². The van der Waals surface area contributed by atoms with Gasteiger partial charge in [0, 0.05) is 32.6 Å². The molecule has 8 nitrogen and oxygen atoms in total. The van der Waals surface area contributed by atoms with Crippen molar-refractivity contribution in [1.82, 2.24) is 10.1 Å². The van der Waals surface area contributed by atoms with Crippen molar-refractivity contribution in [2.75, 3.05) is 39.5 Å². The molecule has 32 heavy (non-hydrogen) atoms. The Labute approximate surface area is 188 Å². The Morgan fingerprint density at radius 2 is 1.94 bits per heavy atom. The summed E-state index contributed by atoms with van der Waals surface area (Å²) in [6.07, 6.45) is 5.46. The maximum atomic E-state index is 10.8. The molecule has 2 unspecified atom stereocenters. The van der Waals surface area contributed by atoms with Crippen molar-refractivity contribution in [3.05, 3.63) is 18.2 Å². The van der Waals surface area contributed by atoms with Gasteiger partial charge in [-0.15, -0.1) is 0 Å². The van der Waals surface area contributed by atoms with Crippen molar-refractivity contribution in [1.29, 1.82) is 0 Å². The first-order chi connectivity index (χ1) is 15.6. The van der Waals surface area contributed by atoms with Crippen LogP contribution in [0.1, 0.15) is 44.9 Å². The molecule has 0 spiro atoms. The van der Waals surface area contributed by atoms with Crippen molar-refractivity contribution >= 4 is 11.0 Å². The third-order valence-electron chi connectivity index (χ3n) is 7.23. The van der Waals surface area contributed by atoms with E-state index in [0.717, 1.165) is 70.0 Å². The number of aliphatic hydroxyl groups excluding tert-OH is 1. The van der Waals surface area contributed by atoms with Crippen LogP contribution in [0.3, 0.4) is 0 Å². The zero-order valence-electron chi connectivity index (χ0n) is 18.6. The summed E-state index contributed by atoms with van der Waals surface area (Å²) in [6.45, 7) is 4.53. The molecule has 0 radical (unpaired) electrons. The van der Waals surface area contributed by atoms with Crippen molar-refractivity contribution in [3.8, 4) is 11.6 Å². The SMILES string of the molecule is OC1CCCC1Oc1cccc2onc(OCC3CCN(CC4(O)CCOCC4)CC3)c12. The third kappa shape index (κ3) is 4.88. The fourth-order valence-electron chi connectivity index (χ4n) is 5.17. The van der Waals surface area contributed by atoms with Gasteiger partial charge in [-0.3, -0.25) is 0 Å². The number of rotatable bonds is 7. The van der Waals surface area contributed by atoms with Gasteiger partial charge >= 0.3 is 0 Å². The van der Waals surface area contributed by atoms with Crippen LogP contribution in [-0.4, -0.2) is 77.5 Å². The highest BCUT2D eigenvalue weighted by atomic mass is 16.5. The molecular formula is C24H34N2O6. The highest BCUT2D eigenvalue weighted by Crippen LogP contribution is 2.36. The molecule has 5 rings (SSSR count). The summed E-state index contributed by atoms with van der Waals surface area (Å²) < 4.78 is 23.1. The van der Waals surface area contributed by atoms with Gasteiger partial charge in [0.15, 0.2) is 5.58 Å². The minimum Gasteiger partial charge on any atom is -0.487 e. The number of β-amino-alcohol motifs (C(OH)–C–C–N with tert-alkyl or cyclic N) is 1. The summed E-state index contributed by atoms with van der Waals surface area (Å²) in [4.78, 5) is 2.37. The molecule has 1 aromatic carbocycles. The molecule has 176 valence electrons. The lowest BCUT2D eigenvalue weighted by molar-refractivity contribution is -0.0834. The van der Waals surface area contributed by atoms with E-state index in [0.29, 0.717) is 43.0 Å². The smallest absolute Gasteiger partial charge is 0.265 e. The lowest BCUT2D eigenvalue weighted by Crippen LogP contribution is -2.49. The number of aromatic nitrogens is 1. The minimum absolute atomic E-state index is 0.196. The van der Waals surface area contributed by atoms with Crippen LogP contribution in [0.2, 0.25) is 0 Å². The first-order valence-electron chi connectivity index (χ1n) is 12.0. The molecule has 1 saturated carbocycles. The van der Waals surface area contributed by atoms with E-state index in [1.807, 2.05) is 18.2 Å². The Hall–Kier alpha value is -1.87. The number of hydrogen-bond donors (Lipinski definition) is 2. The normalized spacial score (nSPS) is 27.1. The molecule has 2 aromatic rings. The zero-order chi connectivity index (χ0) is 22.0. The van der Waals surface area contributed by atoms with Crippen molar-refractivity contribution in [2.24, 2.45) is 5.92 Å². The van der Waals surface area contributed by atoms with Gasteiger partial charge in [-0.05, 0) is 68.4 Å². The van der Waals surface area contributed by atoms with Gasteiger partial charge in [0.2, 0.25) is 0 Å². The van der Waals surface area contributed by atoms with E-state index in [9.17, 15) is 10.2 Å². The average molecular weight is 447 g/mol. The number of aliphatic hydroxyl groups is 2. The molecule has 3 aliphatic rings. The number of ether oxygens (including phenoxy) is 3. The minimum atomic E-state index is -0.607. The van der Waals surface area contributed by atoms with Gasteiger partial charge in [0.1, 0.15) is 17.2 Å². The van der Waals surface area contributed by atoms with Crippen LogP contribution in [-0.2, 0) is 4.74 Å². The average Bonchev–Trinajstić information content (AvgIpc) is 3.40. The fourth-order valence-corrected chi connectivity index (χ4v) is 5.17. The molecule has 3 heterocycles. The number of likely N-dealkylation sites (tertiary alicyclic amines) is 1. The Kier molecular flexibility index (Phi) is 6.55. The second-order valence-corrected chi connectivity index (χ2v) is 9.64. The molecule has 2 N–H and O–H groups in total. The van der Waals surface area contributed by atoms with Crippen molar-refractivity contribution < 1.29 is 28.9 Å². The maximum absolute atomic E-state index is 10.8. The predicted octanol–water partition coefficient (Wildman–Crippen LogP) is 2.75. The molecule has 8 heteroatoms. The Morgan fingerprint density at radius 1 is 1.12 bits per heavy atom. The number of hydrogen-bond acceptors (Lipinski definition) is 8. The summed E-state index contributed by atoms with van der Waals surface area (Å²) in [7, 11) is 0. The van der Waals surface area contributed by atoms with Gasteiger partial charge < -0.3 is 33.8 Å². The number of fused-ring (bicyclic) bond motifs is 1. The summed E-state index contributed by atoms with van der Waals surface area (Å²) in [5.74, 6) is 1.55. The lowest BCUT2D eigenvalue weighted by atomic mass is 9.91. The number of benzene rings is 1. The summed E-state index contributed by atoms with van der Waals surface area (Å²) in [5, 5.41) is 25.8. The van der Waals surface area contributed by atoms with Crippen LogP contribution < -0.4 is 9.47 Å². The largest absolute Gasteiger partial charge is 0.487 e. The number of nitrogens with zero attached hydrogens (tertiary/aromatic N) is 2. The summed E-state index contributed by atoms with van der Waals surface area (Å²) in [5.41, 5.74) is 0.0225. The molecule has 1 aliphatic carbocycles. The monoisotopic (exact) mass is 446 g/mol. The van der Waals surface area contributed by atoms with Gasteiger partial charge in [0.25, 0.3) is 5.88 Å². The first-order valence-corrected chi connectivity index (χ1v) is 12.0. The van der Waals surface area contributed by atoms with Gasteiger partial charge in [-0.25, -0.2) is 0 Å². The standard InChI is InChI=1S/C24H34N2O6/c27-18-3-1-4-19(18)31-20-5-2-6-21-22(20)23(25-32-21)30-15-17-7-11-26(12-8-17)16-24(28)9-13-29-14-10-24/h2,5-6,17-19,27-28H,1,3-4,7-16H2. The van der Waals surface area contributed by atoms with Gasteiger partial charge in [0.05, 0.1) is 18.3 Å². The molecular weight excluding hydrogens is 412 g/mol. The highest BCUT2D eigenvalue weighted by molar-refractivity contribution is 5.88. The van der Waals surface area contributed by atoms with E-state index in [1.54, 1.807) is 0 Å². The van der Waals surface area contributed by atoms with Crippen LogP contribution in [0.4, 0.5) is 0 Å². The van der Waals surface area contributed by atoms with E-state index < -0.39 is 11.7 Å². The Morgan fingerprint density at radius 3 is 2.69 bits per heavy atom. The predicted molar refractivity (Wildman–Crippen MR) is 118 cm³/mol. The van der Waals surface area contributed by atoms with Crippen LogP contribution in [0.25, 0.3) is 11.0 Å². The fraction of sp³-hybridized carbons (Fsp3) is 0.708. The van der Waals surface area contributed by atoms with Gasteiger partial charge in [-0.2, -0.15) is 0 Å². The molecule has 1 aromatic heterocycles. The first kappa shape index (κ1) is 21.9. The maximum Gasteiger partial charge on any atom is 0.265 e. The van der Waals surface area contributed by atoms with Crippen LogP contribution in [0, 0.1) is 5.92 Å². The summed E-state index contributed by atoms with van der Waals surface area (Å²) >= 11 is 0. The quantitative estimate of drug-likeness (QED) is 0.670. The molecule has 3 fully saturated rings. The van der Waals surface area contributed by atoms with Crippen LogP contribution in [0.5, 0.6) is 11.6 Å². The highest BCUT2D eigenvalue weighted by Gasteiger charge is 2.33. The van der Waals surface area contributed by atoms with E-state index in [2.05, 4.69) is 10.1 Å². The molecule has 0 amide bonds. The second kappa shape index (κ2) is 9.55. The van der Waals surface area contributed by atoms with Gasteiger partial charge in [-0.1, -0.05) is 6.07 Å².